The van der Waals surface area contributed by atoms with Gasteiger partial charge in [0.1, 0.15) is 18.0 Å². The number of aromatic nitrogens is 4. The van der Waals surface area contributed by atoms with Crippen molar-refractivity contribution in [3.63, 3.8) is 0 Å². The number of imidazole rings is 1. The van der Waals surface area contributed by atoms with Crippen LogP contribution in [0.5, 0.6) is 0 Å². The third-order valence-electron chi connectivity index (χ3n) is 2.92. The third-order valence-corrected chi connectivity index (χ3v) is 3.20. The number of hydrogen-bond donors (Lipinski definition) is 1. The lowest BCUT2D eigenvalue weighted by molar-refractivity contribution is -0.0351. The standard InChI is InChI=1S/C10H10ClFN4O2/c11-8-7-9(14-3-13-8)16(4-15-7)10-6(12)1-5(2-17)18-10/h3-6,10,17H,1-2H2. The fraction of sp³-hybridized carbons (Fsp3) is 0.500. The minimum atomic E-state index is -1.21. The van der Waals surface area contributed by atoms with Crippen LogP contribution in [0.3, 0.4) is 0 Å². The first kappa shape index (κ1) is 11.8. The summed E-state index contributed by atoms with van der Waals surface area (Å²) in [6.45, 7) is -0.209. The monoisotopic (exact) mass is 272 g/mol. The minimum absolute atomic E-state index is 0.152. The highest BCUT2D eigenvalue weighted by Gasteiger charge is 2.37. The number of fused-ring (bicyclic) bond motifs is 1. The van der Waals surface area contributed by atoms with Crippen LogP contribution in [0.4, 0.5) is 4.39 Å². The molecule has 0 bridgehead atoms. The van der Waals surface area contributed by atoms with E-state index in [0.29, 0.717) is 11.2 Å². The minimum Gasteiger partial charge on any atom is -0.394 e. The summed E-state index contributed by atoms with van der Waals surface area (Å²) in [6.07, 6.45) is 0.308. The molecule has 0 amide bonds. The summed E-state index contributed by atoms with van der Waals surface area (Å²) in [7, 11) is 0. The number of hydrogen-bond acceptors (Lipinski definition) is 5. The van der Waals surface area contributed by atoms with Gasteiger partial charge in [0, 0.05) is 6.42 Å². The molecule has 18 heavy (non-hydrogen) atoms. The first-order valence-corrected chi connectivity index (χ1v) is 5.82. The molecule has 2 aromatic heterocycles. The zero-order chi connectivity index (χ0) is 12.7. The molecule has 3 rings (SSSR count). The average Bonchev–Trinajstić information content (AvgIpc) is 2.93. The molecule has 1 fully saturated rings. The second-order valence-corrected chi connectivity index (χ2v) is 4.43. The molecule has 1 aliphatic rings. The molecule has 8 heteroatoms. The SMILES string of the molecule is OCC1CC(F)C(n2cnc3c(Cl)ncnc32)O1. The number of halogens is 2. The molecule has 1 aliphatic heterocycles. The smallest absolute Gasteiger partial charge is 0.168 e. The van der Waals surface area contributed by atoms with Gasteiger partial charge in [0.25, 0.3) is 0 Å². The van der Waals surface area contributed by atoms with E-state index in [4.69, 9.17) is 21.4 Å². The maximum atomic E-state index is 13.9. The van der Waals surface area contributed by atoms with E-state index < -0.39 is 18.5 Å². The first-order chi connectivity index (χ1) is 8.70. The van der Waals surface area contributed by atoms with Crippen LogP contribution in [0, 0.1) is 0 Å². The van der Waals surface area contributed by atoms with Crippen molar-refractivity contribution in [2.24, 2.45) is 0 Å². The van der Waals surface area contributed by atoms with Gasteiger partial charge in [-0.15, -0.1) is 0 Å². The van der Waals surface area contributed by atoms with Crippen molar-refractivity contribution >= 4 is 22.8 Å². The number of aliphatic hydroxyl groups is 1. The van der Waals surface area contributed by atoms with Gasteiger partial charge >= 0.3 is 0 Å². The molecule has 0 radical (unpaired) electrons. The maximum absolute atomic E-state index is 13.9. The normalized spacial score (nSPS) is 28.1. The molecular formula is C10H10ClFN4O2. The number of alkyl halides is 1. The Labute approximate surface area is 106 Å². The predicted octanol–water partition coefficient (Wildman–Crippen LogP) is 1.10. The Hall–Kier alpha value is -1.31. The Balaban J connectivity index is 2.02. The Bertz CT molecular complexity index is 578. The summed E-state index contributed by atoms with van der Waals surface area (Å²) < 4.78 is 20.7. The topological polar surface area (TPSA) is 73.1 Å². The molecule has 0 aromatic carbocycles. The van der Waals surface area contributed by atoms with Gasteiger partial charge in [-0.05, 0) is 0 Å². The fourth-order valence-corrected chi connectivity index (χ4v) is 2.25. The molecule has 96 valence electrons. The van der Waals surface area contributed by atoms with E-state index in [2.05, 4.69) is 15.0 Å². The maximum Gasteiger partial charge on any atom is 0.168 e. The molecule has 1 N–H and O–H groups in total. The Morgan fingerprint density at radius 1 is 1.50 bits per heavy atom. The van der Waals surface area contributed by atoms with Crippen LogP contribution < -0.4 is 0 Å². The number of aliphatic hydroxyl groups excluding tert-OH is 1. The van der Waals surface area contributed by atoms with Gasteiger partial charge in [-0.3, -0.25) is 4.57 Å². The van der Waals surface area contributed by atoms with E-state index in [1.807, 2.05) is 0 Å². The quantitative estimate of drug-likeness (QED) is 0.829. The Morgan fingerprint density at radius 3 is 3.06 bits per heavy atom. The van der Waals surface area contributed by atoms with Crippen LogP contribution in [0.1, 0.15) is 12.6 Å². The van der Waals surface area contributed by atoms with Crippen LogP contribution in [0.2, 0.25) is 5.15 Å². The van der Waals surface area contributed by atoms with Crippen LogP contribution in [-0.4, -0.2) is 43.5 Å². The molecule has 0 spiro atoms. The molecule has 0 aliphatic carbocycles. The molecular weight excluding hydrogens is 263 g/mol. The second kappa shape index (κ2) is 4.42. The summed E-state index contributed by atoms with van der Waals surface area (Å²) >= 11 is 5.87. The molecule has 6 nitrogen and oxygen atoms in total. The lowest BCUT2D eigenvalue weighted by Gasteiger charge is -2.15. The summed E-state index contributed by atoms with van der Waals surface area (Å²) in [5.74, 6) is 0. The van der Waals surface area contributed by atoms with Gasteiger partial charge in [0.05, 0.1) is 19.0 Å². The van der Waals surface area contributed by atoms with Crippen LogP contribution >= 0.6 is 11.6 Å². The summed E-state index contributed by atoms with van der Waals surface area (Å²) in [4.78, 5) is 11.9. The Kier molecular flexibility index (Phi) is 2.89. The van der Waals surface area contributed by atoms with Crippen LogP contribution in [-0.2, 0) is 4.74 Å². The van der Waals surface area contributed by atoms with Crippen molar-refractivity contribution in [2.45, 2.75) is 24.9 Å². The third kappa shape index (κ3) is 1.75. The predicted molar refractivity (Wildman–Crippen MR) is 60.8 cm³/mol. The lowest BCUT2D eigenvalue weighted by Crippen LogP contribution is -2.16. The first-order valence-electron chi connectivity index (χ1n) is 5.44. The average molecular weight is 273 g/mol. The van der Waals surface area contributed by atoms with E-state index in [1.165, 1.54) is 17.2 Å². The molecule has 3 atom stereocenters. The van der Waals surface area contributed by atoms with E-state index in [-0.39, 0.29) is 18.2 Å². The van der Waals surface area contributed by atoms with Gasteiger partial charge in [-0.1, -0.05) is 11.6 Å². The van der Waals surface area contributed by atoms with E-state index >= 15 is 0 Å². The van der Waals surface area contributed by atoms with E-state index in [0.717, 1.165) is 0 Å². The van der Waals surface area contributed by atoms with Gasteiger partial charge in [0.2, 0.25) is 0 Å². The molecule has 2 aromatic rings. The van der Waals surface area contributed by atoms with E-state index in [9.17, 15) is 4.39 Å². The zero-order valence-corrected chi connectivity index (χ0v) is 9.96. The number of rotatable bonds is 2. The fourth-order valence-electron chi connectivity index (χ4n) is 2.07. The summed E-state index contributed by atoms with van der Waals surface area (Å²) in [6, 6.07) is 0. The highest BCUT2D eigenvalue weighted by molar-refractivity contribution is 6.33. The molecule has 3 unspecified atom stereocenters. The molecule has 1 saturated heterocycles. The number of nitrogens with zero attached hydrogens (tertiary/aromatic N) is 4. The van der Waals surface area contributed by atoms with Crippen molar-refractivity contribution in [2.75, 3.05) is 6.61 Å². The highest BCUT2D eigenvalue weighted by atomic mass is 35.5. The van der Waals surface area contributed by atoms with Crippen molar-refractivity contribution < 1.29 is 14.2 Å². The number of ether oxygens (including phenoxy) is 1. The van der Waals surface area contributed by atoms with Crippen LogP contribution in [0.25, 0.3) is 11.2 Å². The van der Waals surface area contributed by atoms with E-state index in [1.54, 1.807) is 0 Å². The summed E-state index contributed by atoms with van der Waals surface area (Å²) in [5.41, 5.74) is 0.823. The molecule has 3 heterocycles. The van der Waals surface area contributed by atoms with Crippen LogP contribution in [0.15, 0.2) is 12.7 Å². The van der Waals surface area contributed by atoms with Gasteiger partial charge in [-0.2, -0.15) is 0 Å². The van der Waals surface area contributed by atoms with Gasteiger partial charge in [0.15, 0.2) is 17.0 Å². The largest absolute Gasteiger partial charge is 0.394 e. The van der Waals surface area contributed by atoms with Gasteiger partial charge < -0.3 is 9.84 Å². The van der Waals surface area contributed by atoms with Crippen molar-refractivity contribution in [3.8, 4) is 0 Å². The highest BCUT2D eigenvalue weighted by Crippen LogP contribution is 2.33. The lowest BCUT2D eigenvalue weighted by atomic mass is 10.2. The second-order valence-electron chi connectivity index (χ2n) is 4.07. The summed E-state index contributed by atoms with van der Waals surface area (Å²) in [5, 5.41) is 9.21. The van der Waals surface area contributed by atoms with Crippen molar-refractivity contribution in [3.05, 3.63) is 17.8 Å². The van der Waals surface area contributed by atoms with Crippen molar-refractivity contribution in [1.82, 2.24) is 19.5 Å². The zero-order valence-electron chi connectivity index (χ0n) is 9.20. The molecule has 0 saturated carbocycles. The Morgan fingerprint density at radius 2 is 2.33 bits per heavy atom. The van der Waals surface area contributed by atoms with Gasteiger partial charge in [-0.25, -0.2) is 19.3 Å². The van der Waals surface area contributed by atoms with Crippen molar-refractivity contribution in [1.29, 1.82) is 0 Å².